The molecule has 2 heterocycles. The Morgan fingerprint density at radius 2 is 1.88 bits per heavy atom. The van der Waals surface area contributed by atoms with Crippen molar-refractivity contribution in [2.45, 2.75) is 37.2 Å². The number of carboxylic acid groups (broad SMARTS) is 1. The number of hydrogen-bond donors (Lipinski definition) is 1. The molecule has 9 heteroatoms. The van der Waals surface area contributed by atoms with Crippen LogP contribution < -0.4 is 0 Å². The van der Waals surface area contributed by atoms with Crippen LogP contribution in [0.1, 0.15) is 21.7 Å². The predicted molar refractivity (Wildman–Crippen MR) is 121 cm³/mol. The molecule has 4 nitrogen and oxygen atoms in total. The Morgan fingerprint density at radius 3 is 2.53 bits per heavy atom. The summed E-state index contributed by atoms with van der Waals surface area (Å²) < 4.78 is 40.1. The van der Waals surface area contributed by atoms with Gasteiger partial charge in [0.1, 0.15) is 11.6 Å². The number of alkyl halides is 3. The topological polar surface area (TPSA) is 55.1 Å². The third-order valence-electron chi connectivity index (χ3n) is 5.08. The summed E-state index contributed by atoms with van der Waals surface area (Å²) in [6.07, 6.45) is -2.58. The van der Waals surface area contributed by atoms with Crippen LogP contribution in [0.5, 0.6) is 0 Å². The number of rotatable bonds is 6. The van der Waals surface area contributed by atoms with E-state index < -0.39 is 17.7 Å². The van der Waals surface area contributed by atoms with Crippen molar-refractivity contribution in [1.29, 1.82) is 0 Å². The molecule has 0 aliphatic rings. The van der Waals surface area contributed by atoms with Crippen LogP contribution in [0.4, 0.5) is 13.2 Å². The van der Waals surface area contributed by atoms with Gasteiger partial charge in [0.25, 0.3) is 0 Å². The molecule has 32 heavy (non-hydrogen) atoms. The number of carboxylic acids is 1. The maximum atomic E-state index is 12.8. The second-order valence-electron chi connectivity index (χ2n) is 7.41. The summed E-state index contributed by atoms with van der Waals surface area (Å²) in [6.45, 7) is 3.82. The van der Waals surface area contributed by atoms with Gasteiger partial charge in [0.05, 0.1) is 11.3 Å². The van der Waals surface area contributed by atoms with Crippen molar-refractivity contribution >= 4 is 40.0 Å². The van der Waals surface area contributed by atoms with Gasteiger partial charge in [-0.3, -0.25) is 4.79 Å². The molecule has 0 atom stereocenters. The minimum atomic E-state index is -4.35. The van der Waals surface area contributed by atoms with E-state index in [0.717, 1.165) is 44.1 Å². The predicted octanol–water partition coefficient (Wildman–Crippen LogP) is 6.78. The van der Waals surface area contributed by atoms with Gasteiger partial charge in [0, 0.05) is 38.2 Å². The first-order valence-corrected chi connectivity index (χ1v) is 11.5. The van der Waals surface area contributed by atoms with Gasteiger partial charge < -0.3 is 9.67 Å². The summed E-state index contributed by atoms with van der Waals surface area (Å²) in [5.41, 5.74) is 2.79. The Bertz CT molecular complexity index is 1290. The summed E-state index contributed by atoms with van der Waals surface area (Å²) in [4.78, 5) is 17.7. The number of carbonyl (C=O) groups is 1. The van der Waals surface area contributed by atoms with E-state index in [1.807, 2.05) is 26.0 Å². The van der Waals surface area contributed by atoms with E-state index in [4.69, 9.17) is 5.11 Å². The Balaban J connectivity index is 1.52. The Morgan fingerprint density at radius 1 is 1.16 bits per heavy atom. The van der Waals surface area contributed by atoms with E-state index in [2.05, 4.69) is 11.1 Å². The van der Waals surface area contributed by atoms with Crippen molar-refractivity contribution in [1.82, 2.24) is 9.55 Å². The number of aromatic nitrogens is 2. The van der Waals surface area contributed by atoms with Crippen LogP contribution in [0.25, 0.3) is 21.5 Å². The van der Waals surface area contributed by atoms with E-state index in [9.17, 15) is 18.0 Å². The minimum Gasteiger partial charge on any atom is -0.480 e. The molecule has 4 rings (SSSR count). The summed E-state index contributed by atoms with van der Waals surface area (Å²) in [7, 11) is 0. The highest BCUT2D eigenvalue weighted by molar-refractivity contribution is 7.98. The number of hydrogen-bond acceptors (Lipinski definition) is 4. The number of halogens is 3. The Labute approximate surface area is 190 Å². The second-order valence-corrected chi connectivity index (χ2v) is 9.51. The van der Waals surface area contributed by atoms with Crippen LogP contribution >= 0.6 is 23.1 Å². The van der Waals surface area contributed by atoms with Crippen molar-refractivity contribution < 1.29 is 23.1 Å². The molecule has 2 aromatic heterocycles. The summed E-state index contributed by atoms with van der Waals surface area (Å²) in [6, 6.07) is 11.0. The van der Waals surface area contributed by atoms with Crippen LogP contribution in [0.2, 0.25) is 0 Å². The first-order valence-electron chi connectivity index (χ1n) is 9.70. The number of fused-ring (bicyclic) bond motifs is 1. The standard InChI is InChI=1S/C23H19F3N2O2S2/c1-13-9-18-16(7-8-28(18)11-21(29)30)10-19(13)31-12-20-14(2)27-22(32-20)15-3-5-17(6-4-15)23(24,25)26/h3-10H,11-12H2,1-2H3,(H,29,30). The average Bonchev–Trinajstić information content (AvgIpc) is 3.28. The molecule has 4 aromatic rings. The Hall–Kier alpha value is -2.78. The lowest BCUT2D eigenvalue weighted by molar-refractivity contribution is -0.138. The Kier molecular flexibility index (Phi) is 6.05. The minimum absolute atomic E-state index is 0.0811. The van der Waals surface area contributed by atoms with Gasteiger partial charge in [-0.2, -0.15) is 13.2 Å². The van der Waals surface area contributed by atoms with E-state index in [1.165, 1.54) is 23.5 Å². The molecular weight excluding hydrogens is 457 g/mol. The van der Waals surface area contributed by atoms with Crippen molar-refractivity contribution in [3.8, 4) is 10.6 Å². The van der Waals surface area contributed by atoms with E-state index in [0.29, 0.717) is 16.3 Å². The van der Waals surface area contributed by atoms with Crippen molar-refractivity contribution in [2.75, 3.05) is 0 Å². The smallest absolute Gasteiger partial charge is 0.416 e. The maximum Gasteiger partial charge on any atom is 0.416 e. The second kappa shape index (κ2) is 8.63. The van der Waals surface area contributed by atoms with Crippen molar-refractivity contribution in [3.05, 3.63) is 70.4 Å². The summed E-state index contributed by atoms with van der Waals surface area (Å²) in [5, 5.41) is 10.7. The van der Waals surface area contributed by atoms with E-state index >= 15 is 0 Å². The molecule has 0 amide bonds. The van der Waals surface area contributed by atoms with Crippen LogP contribution in [0, 0.1) is 13.8 Å². The normalized spacial score (nSPS) is 11.9. The highest BCUT2D eigenvalue weighted by Crippen LogP contribution is 2.36. The number of nitrogens with zero attached hydrogens (tertiary/aromatic N) is 2. The van der Waals surface area contributed by atoms with Gasteiger partial charge in [-0.1, -0.05) is 12.1 Å². The first-order chi connectivity index (χ1) is 15.1. The van der Waals surface area contributed by atoms with Crippen molar-refractivity contribution in [3.63, 3.8) is 0 Å². The van der Waals surface area contributed by atoms with E-state index in [1.54, 1.807) is 22.5 Å². The highest BCUT2D eigenvalue weighted by Gasteiger charge is 2.30. The average molecular weight is 477 g/mol. The molecule has 0 bridgehead atoms. The number of thiazole rings is 1. The quantitative estimate of drug-likeness (QED) is 0.312. The molecule has 0 spiro atoms. The SMILES string of the molecule is Cc1cc2c(ccn2CC(=O)O)cc1SCc1sc(-c2ccc(C(F)(F)F)cc2)nc1C. The van der Waals surface area contributed by atoms with Gasteiger partial charge >= 0.3 is 12.1 Å². The zero-order valence-electron chi connectivity index (χ0n) is 17.2. The molecule has 0 aliphatic carbocycles. The fourth-order valence-electron chi connectivity index (χ4n) is 3.39. The lowest BCUT2D eigenvalue weighted by Gasteiger charge is -2.08. The molecule has 1 N–H and O–H groups in total. The van der Waals surface area contributed by atoms with Gasteiger partial charge in [0.2, 0.25) is 0 Å². The van der Waals surface area contributed by atoms with Gasteiger partial charge in [-0.05, 0) is 49.7 Å². The maximum absolute atomic E-state index is 12.8. The highest BCUT2D eigenvalue weighted by atomic mass is 32.2. The zero-order valence-corrected chi connectivity index (χ0v) is 18.9. The molecule has 166 valence electrons. The monoisotopic (exact) mass is 476 g/mol. The zero-order chi connectivity index (χ0) is 23.0. The first kappa shape index (κ1) is 22.4. The molecule has 0 saturated carbocycles. The molecule has 0 radical (unpaired) electrons. The molecular formula is C23H19F3N2O2S2. The number of aliphatic carboxylic acids is 1. The largest absolute Gasteiger partial charge is 0.480 e. The molecule has 0 aliphatic heterocycles. The molecule has 2 aromatic carbocycles. The number of aryl methyl sites for hydroxylation is 2. The van der Waals surface area contributed by atoms with Crippen LogP contribution in [-0.2, 0) is 23.3 Å². The fourth-order valence-corrected chi connectivity index (χ4v) is 5.66. The van der Waals surface area contributed by atoms with Gasteiger partial charge in [-0.15, -0.1) is 23.1 Å². The van der Waals surface area contributed by atoms with Crippen molar-refractivity contribution in [2.24, 2.45) is 0 Å². The summed E-state index contributed by atoms with van der Waals surface area (Å²) >= 11 is 3.15. The van der Waals surface area contributed by atoms with Crippen LogP contribution in [0.15, 0.2) is 53.6 Å². The fraction of sp³-hybridized carbons (Fsp3) is 0.217. The molecule has 0 unspecified atom stereocenters. The van der Waals surface area contributed by atoms with Gasteiger partial charge in [0.15, 0.2) is 0 Å². The summed E-state index contributed by atoms with van der Waals surface area (Å²) in [5.74, 6) is -0.199. The van der Waals surface area contributed by atoms with Crippen LogP contribution in [-0.4, -0.2) is 20.6 Å². The van der Waals surface area contributed by atoms with Crippen LogP contribution in [0.3, 0.4) is 0 Å². The third-order valence-corrected chi connectivity index (χ3v) is 7.66. The lowest BCUT2D eigenvalue weighted by Crippen LogP contribution is -2.07. The molecule has 0 fully saturated rings. The van der Waals surface area contributed by atoms with Gasteiger partial charge in [-0.25, -0.2) is 4.98 Å². The molecule has 0 saturated heterocycles. The number of thioether (sulfide) groups is 1. The number of benzene rings is 2. The third kappa shape index (κ3) is 4.68. The lowest BCUT2D eigenvalue weighted by atomic mass is 10.1. The van der Waals surface area contributed by atoms with E-state index in [-0.39, 0.29) is 6.54 Å².